The predicted molar refractivity (Wildman–Crippen MR) is 113 cm³/mol. The van der Waals surface area contributed by atoms with Crippen molar-refractivity contribution in [3.8, 4) is 6.07 Å². The zero-order valence-electron chi connectivity index (χ0n) is 16.5. The number of urea groups is 1. The molecule has 2 aliphatic rings. The minimum Gasteiger partial charge on any atom is -0.367 e. The minimum atomic E-state index is -0.602. The third-order valence-electron chi connectivity index (χ3n) is 4.94. The zero-order chi connectivity index (χ0) is 22.2. The number of imide groups is 1. The number of anilines is 2. The summed E-state index contributed by atoms with van der Waals surface area (Å²) >= 11 is 0. The van der Waals surface area contributed by atoms with Crippen molar-refractivity contribution in [2.24, 2.45) is 0 Å². The Morgan fingerprint density at radius 3 is 2.81 bits per heavy atom. The van der Waals surface area contributed by atoms with Gasteiger partial charge in [0.25, 0.3) is 11.8 Å². The van der Waals surface area contributed by atoms with E-state index in [0.29, 0.717) is 34.2 Å². The van der Waals surface area contributed by atoms with E-state index in [1.54, 1.807) is 28.8 Å². The molecule has 5 rings (SSSR count). The lowest BCUT2D eigenvalue weighted by Crippen LogP contribution is -2.22. The predicted octanol–water partition coefficient (Wildman–Crippen LogP) is 1.61. The summed E-state index contributed by atoms with van der Waals surface area (Å²) in [7, 11) is 0. The molecule has 0 bridgehead atoms. The number of nitrogens with one attached hydrogen (secondary N) is 4. The molecule has 2 fully saturated rings. The van der Waals surface area contributed by atoms with E-state index in [2.05, 4.69) is 31.3 Å². The molecule has 11 nitrogen and oxygen atoms in total. The lowest BCUT2D eigenvalue weighted by atomic mass is 10.1. The van der Waals surface area contributed by atoms with Gasteiger partial charge in [0, 0.05) is 23.2 Å². The van der Waals surface area contributed by atoms with Crippen LogP contribution in [0.4, 0.5) is 16.4 Å². The average Bonchev–Trinajstić information content (AvgIpc) is 3.42. The molecule has 1 saturated carbocycles. The molecule has 0 radical (unpaired) electrons. The van der Waals surface area contributed by atoms with Crippen LogP contribution in [0.3, 0.4) is 0 Å². The highest BCUT2D eigenvalue weighted by molar-refractivity contribution is 6.14. The molecule has 32 heavy (non-hydrogen) atoms. The minimum absolute atomic E-state index is 0.0751. The highest BCUT2D eigenvalue weighted by Gasteiger charge is 2.25. The van der Waals surface area contributed by atoms with Crippen LogP contribution >= 0.6 is 0 Å². The van der Waals surface area contributed by atoms with Crippen LogP contribution in [0.25, 0.3) is 11.7 Å². The molecule has 1 aliphatic carbocycles. The average molecular weight is 428 g/mol. The van der Waals surface area contributed by atoms with Crippen molar-refractivity contribution in [3.63, 3.8) is 0 Å². The molecule has 0 atom stereocenters. The van der Waals surface area contributed by atoms with Crippen LogP contribution in [0, 0.1) is 11.3 Å². The van der Waals surface area contributed by atoms with Crippen LogP contribution in [-0.4, -0.2) is 38.5 Å². The maximum Gasteiger partial charge on any atom is 0.326 e. The smallest absolute Gasteiger partial charge is 0.326 e. The summed E-state index contributed by atoms with van der Waals surface area (Å²) in [6.07, 6.45) is 5.04. The van der Waals surface area contributed by atoms with E-state index in [0.717, 1.165) is 12.8 Å². The molecule has 1 aliphatic heterocycles. The number of carbonyl (C=O) groups is 3. The van der Waals surface area contributed by atoms with Crippen molar-refractivity contribution in [1.82, 2.24) is 25.2 Å². The number of nitriles is 1. The lowest BCUT2D eigenvalue weighted by molar-refractivity contribution is -0.115. The second kappa shape index (κ2) is 7.51. The highest BCUT2D eigenvalue weighted by atomic mass is 16.2. The van der Waals surface area contributed by atoms with Crippen LogP contribution in [0.15, 0.2) is 42.2 Å². The summed E-state index contributed by atoms with van der Waals surface area (Å²) < 4.78 is 1.57. The normalized spacial score (nSPS) is 16.5. The first-order chi connectivity index (χ1) is 15.5. The van der Waals surface area contributed by atoms with Gasteiger partial charge in [-0.15, -0.1) is 0 Å². The molecule has 11 heteroatoms. The van der Waals surface area contributed by atoms with E-state index < -0.39 is 17.8 Å². The fourth-order valence-electron chi connectivity index (χ4n) is 3.24. The Balaban J connectivity index is 1.53. The number of rotatable bonds is 5. The lowest BCUT2D eigenvalue weighted by Gasteiger charge is -2.11. The molecule has 2 aromatic heterocycles. The number of fused-ring (bicyclic) bond motifs is 1. The molecular formula is C21H16N8O3. The van der Waals surface area contributed by atoms with Crippen LogP contribution in [0.1, 0.15) is 34.3 Å². The fourth-order valence-corrected chi connectivity index (χ4v) is 3.24. The van der Waals surface area contributed by atoms with E-state index in [9.17, 15) is 14.4 Å². The topological polar surface area (TPSA) is 153 Å². The van der Waals surface area contributed by atoms with Gasteiger partial charge in [0.05, 0.1) is 17.8 Å². The van der Waals surface area contributed by atoms with E-state index in [-0.39, 0.29) is 11.5 Å². The van der Waals surface area contributed by atoms with Crippen LogP contribution < -0.4 is 21.3 Å². The van der Waals surface area contributed by atoms with E-state index in [1.165, 1.54) is 18.3 Å². The largest absolute Gasteiger partial charge is 0.367 e. The van der Waals surface area contributed by atoms with Crippen molar-refractivity contribution in [2.45, 2.75) is 18.9 Å². The summed E-state index contributed by atoms with van der Waals surface area (Å²) in [6.45, 7) is 0. The standard InChI is InChI=1S/C21H16N8O3/c22-9-11-2-1-3-12(6-11)19(30)27-16-8-17(24-14-4-5-14)29-18(26-16)13(10-23-29)7-15-20(31)28-21(32)25-15/h1-3,6-8,10,14,24H,4-5H2,(H,26,27,30)(H2,25,28,31,32)/b15-7-. The van der Waals surface area contributed by atoms with Crippen molar-refractivity contribution in [3.05, 3.63) is 58.9 Å². The van der Waals surface area contributed by atoms with Crippen LogP contribution in [0.2, 0.25) is 0 Å². The highest BCUT2D eigenvalue weighted by Crippen LogP contribution is 2.27. The molecule has 3 heterocycles. The van der Waals surface area contributed by atoms with Gasteiger partial charge in [-0.3, -0.25) is 14.9 Å². The number of hydrogen-bond acceptors (Lipinski definition) is 7. The number of amides is 4. The quantitative estimate of drug-likeness (QED) is 0.356. The van der Waals surface area contributed by atoms with Crippen molar-refractivity contribution < 1.29 is 14.4 Å². The molecule has 3 aromatic rings. The van der Waals surface area contributed by atoms with E-state index >= 15 is 0 Å². The Labute approximate surface area is 181 Å². The van der Waals surface area contributed by atoms with Gasteiger partial charge in [0.1, 0.15) is 17.3 Å². The third kappa shape index (κ3) is 3.72. The summed E-state index contributed by atoms with van der Waals surface area (Å²) in [5.74, 6) is -0.0677. The SMILES string of the molecule is N#Cc1cccc(C(=O)Nc2cc(NC3CC3)n3ncc(/C=C4\NC(=O)NC4=O)c3n2)c1. The Hall–Kier alpha value is -4.72. The van der Waals surface area contributed by atoms with Gasteiger partial charge < -0.3 is 16.0 Å². The summed E-state index contributed by atoms with van der Waals surface area (Å²) in [6, 6.07) is 9.73. The van der Waals surface area contributed by atoms with Gasteiger partial charge in [0.15, 0.2) is 5.65 Å². The summed E-state index contributed by atoms with van der Waals surface area (Å²) in [5, 5.41) is 24.1. The Morgan fingerprint density at radius 1 is 1.25 bits per heavy atom. The first-order valence-electron chi connectivity index (χ1n) is 9.81. The van der Waals surface area contributed by atoms with Crippen LogP contribution in [-0.2, 0) is 4.79 Å². The third-order valence-corrected chi connectivity index (χ3v) is 4.94. The van der Waals surface area contributed by atoms with Gasteiger partial charge in [-0.2, -0.15) is 14.9 Å². The van der Waals surface area contributed by atoms with Gasteiger partial charge in [-0.05, 0) is 37.1 Å². The molecule has 158 valence electrons. The number of aromatic nitrogens is 3. The van der Waals surface area contributed by atoms with E-state index in [1.807, 2.05) is 6.07 Å². The van der Waals surface area contributed by atoms with Crippen LogP contribution in [0.5, 0.6) is 0 Å². The van der Waals surface area contributed by atoms with Gasteiger partial charge >= 0.3 is 6.03 Å². The molecule has 1 aromatic carbocycles. The molecule has 4 amide bonds. The first kappa shape index (κ1) is 19.3. The second-order valence-corrected chi connectivity index (χ2v) is 7.39. The Morgan fingerprint density at radius 2 is 2.09 bits per heavy atom. The zero-order valence-corrected chi connectivity index (χ0v) is 16.5. The van der Waals surface area contributed by atoms with E-state index in [4.69, 9.17) is 5.26 Å². The fraction of sp³-hybridized carbons (Fsp3) is 0.143. The summed E-state index contributed by atoms with van der Waals surface area (Å²) in [5.41, 5.74) is 1.64. The molecule has 4 N–H and O–H groups in total. The number of benzene rings is 1. The molecule has 0 spiro atoms. The maximum atomic E-state index is 12.7. The molecule has 1 saturated heterocycles. The summed E-state index contributed by atoms with van der Waals surface area (Å²) in [4.78, 5) is 40.5. The molecular weight excluding hydrogens is 412 g/mol. The van der Waals surface area contributed by atoms with Crippen molar-refractivity contribution in [2.75, 3.05) is 10.6 Å². The number of hydrogen-bond donors (Lipinski definition) is 4. The maximum absolute atomic E-state index is 12.7. The van der Waals surface area contributed by atoms with Crippen molar-refractivity contribution in [1.29, 1.82) is 5.26 Å². The van der Waals surface area contributed by atoms with Gasteiger partial charge in [-0.1, -0.05) is 6.07 Å². The number of nitrogens with zero attached hydrogens (tertiary/aromatic N) is 4. The Kier molecular flexibility index (Phi) is 4.52. The first-order valence-corrected chi connectivity index (χ1v) is 9.81. The second-order valence-electron chi connectivity index (χ2n) is 7.39. The monoisotopic (exact) mass is 428 g/mol. The van der Waals surface area contributed by atoms with Gasteiger partial charge in [-0.25, -0.2) is 9.78 Å². The molecule has 0 unspecified atom stereocenters. The van der Waals surface area contributed by atoms with Gasteiger partial charge in [0.2, 0.25) is 0 Å². The Bertz CT molecular complexity index is 1360. The van der Waals surface area contributed by atoms with Crippen molar-refractivity contribution >= 4 is 41.2 Å². The number of carbonyl (C=O) groups excluding carboxylic acids is 3.